The first-order valence-corrected chi connectivity index (χ1v) is 14.9. The van der Waals surface area contributed by atoms with E-state index < -0.39 is 11.7 Å². The van der Waals surface area contributed by atoms with Crippen molar-refractivity contribution in [3.05, 3.63) is 89.2 Å². The number of benzene rings is 2. The number of fused-ring (bicyclic) bond motifs is 2. The van der Waals surface area contributed by atoms with Crippen molar-refractivity contribution in [1.29, 1.82) is 0 Å². The first-order chi connectivity index (χ1) is 20.1. The van der Waals surface area contributed by atoms with Crippen molar-refractivity contribution in [2.24, 2.45) is 0 Å². The van der Waals surface area contributed by atoms with Gasteiger partial charge in [-0.05, 0) is 72.0 Å². The van der Waals surface area contributed by atoms with Crippen molar-refractivity contribution in [1.82, 2.24) is 15.0 Å². The van der Waals surface area contributed by atoms with Crippen molar-refractivity contribution in [3.63, 3.8) is 0 Å². The third-order valence-corrected chi connectivity index (χ3v) is 9.01. The molecule has 0 bridgehead atoms. The van der Waals surface area contributed by atoms with Crippen molar-refractivity contribution in [3.8, 4) is 0 Å². The number of alkyl halides is 3. The lowest BCUT2D eigenvalue weighted by Crippen LogP contribution is -2.34. The Morgan fingerprint density at radius 1 is 0.929 bits per heavy atom. The summed E-state index contributed by atoms with van der Waals surface area (Å²) in [5.41, 5.74) is 4.56. The quantitative estimate of drug-likeness (QED) is 0.242. The molecule has 10 heteroatoms. The third-order valence-electron chi connectivity index (χ3n) is 8.14. The largest absolute Gasteiger partial charge is 0.419 e. The molecule has 2 aromatic carbocycles. The lowest BCUT2D eigenvalue weighted by molar-refractivity contribution is -0.137. The van der Waals surface area contributed by atoms with Gasteiger partial charge in [0, 0.05) is 61.1 Å². The molecule has 4 aromatic rings. The summed E-state index contributed by atoms with van der Waals surface area (Å²) < 4.78 is 41.5. The number of nitrogens with one attached hydrogen (secondary N) is 1. The van der Waals surface area contributed by atoms with Gasteiger partial charge in [0.05, 0.1) is 11.3 Å². The summed E-state index contributed by atoms with van der Waals surface area (Å²) in [6.45, 7) is 6.28. The zero-order valence-electron chi connectivity index (χ0n) is 23.9. The van der Waals surface area contributed by atoms with Gasteiger partial charge in [0.2, 0.25) is 0 Å². The molecule has 2 aliphatic rings. The summed E-state index contributed by atoms with van der Waals surface area (Å²) >= 11 is 1.47. The first kappa shape index (κ1) is 28.3. The second-order valence-corrected chi connectivity index (χ2v) is 12.5. The molecule has 0 radical (unpaired) electrons. The molecule has 0 amide bonds. The lowest BCUT2D eigenvalue weighted by atomic mass is 9.78. The Bertz CT molecular complexity index is 1590. The van der Waals surface area contributed by atoms with Gasteiger partial charge in [0.25, 0.3) is 0 Å². The van der Waals surface area contributed by atoms with E-state index in [-0.39, 0.29) is 11.2 Å². The molecule has 6 nitrogen and oxygen atoms in total. The van der Waals surface area contributed by atoms with Crippen LogP contribution in [0.3, 0.4) is 0 Å². The molecule has 0 saturated heterocycles. The highest BCUT2D eigenvalue weighted by Gasteiger charge is 2.36. The average Bonchev–Trinajstić information content (AvgIpc) is 3.18. The van der Waals surface area contributed by atoms with Crippen LogP contribution in [0.5, 0.6) is 0 Å². The fraction of sp³-hybridized carbons (Fsp3) is 0.344. The van der Waals surface area contributed by atoms with Gasteiger partial charge in [0.15, 0.2) is 5.16 Å². The van der Waals surface area contributed by atoms with E-state index in [1.807, 2.05) is 30.3 Å². The van der Waals surface area contributed by atoms with E-state index in [2.05, 4.69) is 54.3 Å². The number of nitrogens with zero attached hydrogens (tertiary/aromatic N) is 5. The number of halogens is 3. The molecule has 0 fully saturated rings. The standard InChI is InChI=1S/C32H33F3N6S/c1-31(2)15-19-40(3)27-20-21(11-12-24(27)31)37-28-23-13-17-41(29-25(32(33,34)35)10-7-16-36-29)18-14-26(23)38-30(39-28)42-22-8-5-4-6-9-22/h4-12,16,20H,13-15,17-19H2,1-3H3,(H,37,38,39). The van der Waals surface area contributed by atoms with Crippen LogP contribution in [0.4, 0.5) is 36.2 Å². The molecular formula is C32H33F3N6S. The van der Waals surface area contributed by atoms with Gasteiger partial charge in [-0.3, -0.25) is 0 Å². The van der Waals surface area contributed by atoms with Crippen molar-refractivity contribution < 1.29 is 13.2 Å². The van der Waals surface area contributed by atoms with E-state index in [0.29, 0.717) is 36.9 Å². The SMILES string of the molecule is CN1CCC(C)(C)c2ccc(Nc3nc(Sc4ccccc4)nc4c3CCN(c3ncccc3C(F)(F)F)CC4)cc21. The minimum atomic E-state index is -4.48. The van der Waals surface area contributed by atoms with Gasteiger partial charge in [-0.15, -0.1) is 0 Å². The maximum atomic E-state index is 13.8. The number of hydrogen-bond donors (Lipinski definition) is 1. The highest BCUT2D eigenvalue weighted by atomic mass is 32.2. The number of rotatable bonds is 5. The second kappa shape index (κ2) is 11.1. The van der Waals surface area contributed by atoms with Crippen molar-refractivity contribution in [2.45, 2.75) is 54.8 Å². The van der Waals surface area contributed by atoms with E-state index >= 15 is 0 Å². The topological polar surface area (TPSA) is 57.2 Å². The molecule has 0 atom stereocenters. The highest BCUT2D eigenvalue weighted by Crippen LogP contribution is 2.41. The number of anilines is 4. The molecule has 2 aliphatic heterocycles. The van der Waals surface area contributed by atoms with Crippen LogP contribution in [0.1, 0.15) is 42.7 Å². The van der Waals surface area contributed by atoms with Crippen LogP contribution in [-0.4, -0.2) is 41.6 Å². The van der Waals surface area contributed by atoms with Gasteiger partial charge >= 0.3 is 6.18 Å². The summed E-state index contributed by atoms with van der Waals surface area (Å²) in [6.07, 6.45) is -1.02. The van der Waals surface area contributed by atoms with Crippen LogP contribution in [-0.2, 0) is 24.4 Å². The van der Waals surface area contributed by atoms with Gasteiger partial charge in [-0.2, -0.15) is 13.2 Å². The Balaban J connectivity index is 1.36. The fourth-order valence-electron chi connectivity index (χ4n) is 5.74. The summed E-state index contributed by atoms with van der Waals surface area (Å²) in [5, 5.41) is 4.17. The van der Waals surface area contributed by atoms with Crippen LogP contribution in [0.2, 0.25) is 0 Å². The Morgan fingerprint density at radius 2 is 1.71 bits per heavy atom. The summed E-state index contributed by atoms with van der Waals surface area (Å²) in [4.78, 5) is 19.0. The Hall–Kier alpha value is -3.79. The van der Waals surface area contributed by atoms with E-state index in [4.69, 9.17) is 9.97 Å². The molecule has 42 heavy (non-hydrogen) atoms. The first-order valence-electron chi connectivity index (χ1n) is 14.1. The molecule has 0 aliphatic carbocycles. The highest BCUT2D eigenvalue weighted by molar-refractivity contribution is 7.99. The maximum Gasteiger partial charge on any atom is 0.419 e. The van der Waals surface area contributed by atoms with E-state index in [1.165, 1.54) is 35.3 Å². The Labute approximate surface area is 248 Å². The molecule has 1 N–H and O–H groups in total. The molecular weight excluding hydrogens is 557 g/mol. The lowest BCUT2D eigenvalue weighted by Gasteiger charge is -2.38. The van der Waals surface area contributed by atoms with Crippen LogP contribution in [0, 0.1) is 0 Å². The van der Waals surface area contributed by atoms with Gasteiger partial charge in [-0.1, -0.05) is 38.1 Å². The van der Waals surface area contributed by atoms with Crippen LogP contribution in [0.25, 0.3) is 0 Å². The van der Waals surface area contributed by atoms with E-state index in [9.17, 15) is 13.2 Å². The Kier molecular flexibility index (Phi) is 7.51. The number of hydrogen-bond acceptors (Lipinski definition) is 7. The summed E-state index contributed by atoms with van der Waals surface area (Å²) in [7, 11) is 2.12. The maximum absolute atomic E-state index is 13.8. The van der Waals surface area contributed by atoms with Crippen LogP contribution >= 0.6 is 11.8 Å². The molecule has 6 rings (SSSR count). The monoisotopic (exact) mass is 590 g/mol. The zero-order valence-corrected chi connectivity index (χ0v) is 24.7. The molecule has 4 heterocycles. The van der Waals surface area contributed by atoms with Crippen molar-refractivity contribution >= 4 is 34.8 Å². The Morgan fingerprint density at radius 3 is 2.50 bits per heavy atom. The smallest absolute Gasteiger partial charge is 0.374 e. The average molecular weight is 591 g/mol. The minimum absolute atomic E-state index is 0.0421. The molecule has 2 aromatic heterocycles. The van der Waals surface area contributed by atoms with E-state index in [0.717, 1.165) is 40.9 Å². The van der Waals surface area contributed by atoms with Gasteiger partial charge in [0.1, 0.15) is 11.6 Å². The van der Waals surface area contributed by atoms with Crippen LogP contribution < -0.4 is 15.1 Å². The fourth-order valence-corrected chi connectivity index (χ4v) is 6.54. The summed E-state index contributed by atoms with van der Waals surface area (Å²) in [5.74, 6) is 0.648. The van der Waals surface area contributed by atoms with Crippen molar-refractivity contribution in [2.75, 3.05) is 41.8 Å². The van der Waals surface area contributed by atoms with Crippen LogP contribution in [0.15, 0.2) is 76.9 Å². The van der Waals surface area contributed by atoms with Gasteiger partial charge < -0.3 is 15.1 Å². The third kappa shape index (κ3) is 5.77. The predicted molar refractivity (Wildman–Crippen MR) is 162 cm³/mol. The number of aromatic nitrogens is 3. The summed E-state index contributed by atoms with van der Waals surface area (Å²) in [6, 6.07) is 18.8. The molecule has 0 saturated carbocycles. The van der Waals surface area contributed by atoms with Gasteiger partial charge in [-0.25, -0.2) is 15.0 Å². The molecule has 0 unspecified atom stereocenters. The minimum Gasteiger partial charge on any atom is -0.374 e. The van der Waals surface area contributed by atoms with E-state index in [1.54, 1.807) is 4.90 Å². The normalized spacial score (nSPS) is 16.4. The second-order valence-electron chi connectivity index (χ2n) is 11.5. The molecule has 218 valence electrons. The molecule has 0 spiro atoms. The zero-order chi connectivity index (χ0) is 29.5. The number of pyridine rings is 1. The predicted octanol–water partition coefficient (Wildman–Crippen LogP) is 7.51.